The Balaban J connectivity index is 3.26. The standard InChI is InChI=1S/C12H11ClF3N3OS/c1-21(20,19-8-17)10(3-2-6-13)9-4-5-11(18-7-9)12(14,15)16/h2,4-7,10H,3H2,1H3/b6-2+. The van der Waals surface area contributed by atoms with Crippen molar-refractivity contribution in [1.29, 1.82) is 5.26 Å². The van der Waals surface area contributed by atoms with Gasteiger partial charge in [0.15, 0.2) is 0 Å². The van der Waals surface area contributed by atoms with E-state index >= 15 is 0 Å². The van der Waals surface area contributed by atoms with Crippen LogP contribution < -0.4 is 0 Å². The first-order chi connectivity index (χ1) is 9.72. The third-order valence-electron chi connectivity index (χ3n) is 2.64. The first-order valence-corrected chi connectivity index (χ1v) is 8.02. The van der Waals surface area contributed by atoms with Crippen LogP contribution in [0.2, 0.25) is 0 Å². The SMILES string of the molecule is CS(=O)(=NC#N)C(C/C=C/Cl)c1ccc(C(F)(F)F)nc1. The van der Waals surface area contributed by atoms with Gasteiger partial charge < -0.3 is 0 Å². The molecule has 1 aromatic heterocycles. The molecular weight excluding hydrogens is 327 g/mol. The molecule has 0 amide bonds. The molecule has 0 aliphatic rings. The van der Waals surface area contributed by atoms with E-state index in [4.69, 9.17) is 16.9 Å². The van der Waals surface area contributed by atoms with Gasteiger partial charge >= 0.3 is 6.18 Å². The van der Waals surface area contributed by atoms with E-state index in [1.54, 1.807) is 0 Å². The Morgan fingerprint density at radius 3 is 2.67 bits per heavy atom. The number of nitriles is 1. The molecule has 1 aromatic rings. The lowest BCUT2D eigenvalue weighted by atomic mass is 10.1. The number of rotatable bonds is 4. The summed E-state index contributed by atoms with van der Waals surface area (Å²) in [6.45, 7) is 0. The van der Waals surface area contributed by atoms with Gasteiger partial charge in [0.25, 0.3) is 0 Å². The van der Waals surface area contributed by atoms with Crippen LogP contribution in [0, 0.1) is 11.5 Å². The summed E-state index contributed by atoms with van der Waals surface area (Å²) >= 11 is 5.41. The number of pyridine rings is 1. The Hall–Kier alpha value is -1.59. The van der Waals surface area contributed by atoms with E-state index in [-0.39, 0.29) is 6.42 Å². The van der Waals surface area contributed by atoms with Crippen LogP contribution in [0.25, 0.3) is 0 Å². The van der Waals surface area contributed by atoms with Gasteiger partial charge in [-0.3, -0.25) is 4.98 Å². The second-order valence-corrected chi connectivity index (χ2v) is 6.84. The third kappa shape index (κ3) is 4.72. The summed E-state index contributed by atoms with van der Waals surface area (Å²) in [5.74, 6) is 0. The van der Waals surface area contributed by atoms with Gasteiger partial charge in [-0.2, -0.15) is 18.4 Å². The van der Waals surface area contributed by atoms with Gasteiger partial charge in [0, 0.05) is 18.0 Å². The second kappa shape index (κ2) is 6.91. The molecule has 0 fully saturated rings. The minimum atomic E-state index is -4.55. The minimum Gasteiger partial charge on any atom is -0.251 e. The number of nitrogens with zero attached hydrogens (tertiary/aromatic N) is 3. The number of aromatic nitrogens is 1. The van der Waals surface area contributed by atoms with E-state index in [1.165, 1.54) is 30.1 Å². The maximum atomic E-state index is 12.5. The average molecular weight is 338 g/mol. The van der Waals surface area contributed by atoms with Crippen molar-refractivity contribution in [1.82, 2.24) is 4.98 Å². The van der Waals surface area contributed by atoms with E-state index in [9.17, 15) is 17.4 Å². The predicted octanol–water partition coefficient (Wildman–Crippen LogP) is 3.86. The van der Waals surface area contributed by atoms with Gasteiger partial charge in [0.1, 0.15) is 5.69 Å². The largest absolute Gasteiger partial charge is 0.433 e. The Morgan fingerprint density at radius 2 is 2.24 bits per heavy atom. The van der Waals surface area contributed by atoms with E-state index in [0.717, 1.165) is 12.3 Å². The van der Waals surface area contributed by atoms with Crippen LogP contribution in [0.4, 0.5) is 13.2 Å². The van der Waals surface area contributed by atoms with Gasteiger partial charge in [0.2, 0.25) is 6.19 Å². The van der Waals surface area contributed by atoms with Gasteiger partial charge in [-0.25, -0.2) is 4.21 Å². The molecule has 2 unspecified atom stereocenters. The fourth-order valence-corrected chi connectivity index (χ4v) is 3.16. The average Bonchev–Trinajstić information content (AvgIpc) is 2.38. The third-order valence-corrected chi connectivity index (χ3v) is 4.78. The van der Waals surface area contributed by atoms with Crippen molar-refractivity contribution >= 4 is 21.3 Å². The van der Waals surface area contributed by atoms with Crippen LogP contribution in [0.15, 0.2) is 34.3 Å². The Kier molecular flexibility index (Phi) is 5.75. The van der Waals surface area contributed by atoms with Crippen molar-refractivity contribution in [3.63, 3.8) is 0 Å². The van der Waals surface area contributed by atoms with Crippen molar-refractivity contribution in [2.45, 2.75) is 17.8 Å². The molecule has 9 heteroatoms. The molecule has 0 saturated heterocycles. The zero-order valence-electron chi connectivity index (χ0n) is 10.8. The van der Waals surface area contributed by atoms with Crippen LogP contribution in [-0.4, -0.2) is 15.4 Å². The number of hydrogen-bond acceptors (Lipinski definition) is 4. The summed E-state index contributed by atoms with van der Waals surface area (Å²) in [6.07, 6.45) is 0.821. The van der Waals surface area contributed by atoms with Crippen LogP contribution in [0.1, 0.15) is 22.9 Å². The zero-order valence-corrected chi connectivity index (χ0v) is 12.4. The lowest BCUT2D eigenvalue weighted by Crippen LogP contribution is -2.13. The van der Waals surface area contributed by atoms with Crippen molar-refractivity contribution in [3.8, 4) is 6.19 Å². The summed E-state index contributed by atoms with van der Waals surface area (Å²) in [5, 5.41) is 7.79. The molecule has 0 radical (unpaired) electrons. The van der Waals surface area contributed by atoms with Crippen LogP contribution in [0.5, 0.6) is 0 Å². The lowest BCUT2D eigenvalue weighted by Gasteiger charge is -2.16. The molecule has 0 spiro atoms. The molecule has 21 heavy (non-hydrogen) atoms. The summed E-state index contributed by atoms with van der Waals surface area (Å²) < 4.78 is 53.1. The molecule has 114 valence electrons. The Labute approximate surface area is 125 Å². The summed E-state index contributed by atoms with van der Waals surface area (Å²) in [7, 11) is -2.96. The highest BCUT2D eigenvalue weighted by Gasteiger charge is 2.32. The van der Waals surface area contributed by atoms with Crippen LogP contribution >= 0.6 is 11.6 Å². The number of alkyl halides is 3. The smallest absolute Gasteiger partial charge is 0.251 e. The molecule has 2 atom stereocenters. The van der Waals surface area contributed by atoms with Gasteiger partial charge in [-0.1, -0.05) is 23.7 Å². The topological polar surface area (TPSA) is 66.1 Å². The summed E-state index contributed by atoms with van der Waals surface area (Å²) in [6, 6.07) is 1.98. The summed E-state index contributed by atoms with van der Waals surface area (Å²) in [4.78, 5) is 3.32. The predicted molar refractivity (Wildman–Crippen MR) is 73.7 cm³/mol. The van der Waals surface area contributed by atoms with E-state index in [1.807, 2.05) is 0 Å². The highest BCUT2D eigenvalue weighted by atomic mass is 35.5. The monoisotopic (exact) mass is 337 g/mol. The molecule has 1 heterocycles. The number of hydrogen-bond donors (Lipinski definition) is 0. The van der Waals surface area contributed by atoms with Crippen molar-refractivity contribution in [2.75, 3.05) is 6.26 Å². The van der Waals surface area contributed by atoms with Crippen molar-refractivity contribution in [2.24, 2.45) is 4.36 Å². The van der Waals surface area contributed by atoms with E-state index in [2.05, 4.69) is 9.35 Å². The molecule has 1 rings (SSSR count). The molecule has 4 nitrogen and oxygen atoms in total. The van der Waals surface area contributed by atoms with Crippen LogP contribution in [-0.2, 0) is 15.9 Å². The lowest BCUT2D eigenvalue weighted by molar-refractivity contribution is -0.141. The highest BCUT2D eigenvalue weighted by molar-refractivity contribution is 7.93. The summed E-state index contributed by atoms with van der Waals surface area (Å²) in [5.41, 5.74) is 0.453. The van der Waals surface area contributed by atoms with Gasteiger partial charge in [0.05, 0.1) is 15.0 Å². The number of allylic oxidation sites excluding steroid dienone is 1. The fourth-order valence-electron chi connectivity index (χ4n) is 1.65. The van der Waals surface area contributed by atoms with Gasteiger partial charge in [-0.05, 0) is 18.1 Å². The molecule has 0 aliphatic heterocycles. The maximum Gasteiger partial charge on any atom is 0.433 e. The number of halogens is 4. The van der Waals surface area contributed by atoms with Crippen LogP contribution in [0.3, 0.4) is 0 Å². The fraction of sp³-hybridized carbons (Fsp3) is 0.333. The van der Waals surface area contributed by atoms with Gasteiger partial charge in [-0.15, -0.1) is 4.36 Å². The second-order valence-electron chi connectivity index (χ2n) is 4.11. The Morgan fingerprint density at radius 1 is 1.57 bits per heavy atom. The first kappa shape index (κ1) is 17.5. The highest BCUT2D eigenvalue weighted by Crippen LogP contribution is 2.31. The molecular formula is C12H11ClF3N3OS. The van der Waals surface area contributed by atoms with Crippen molar-refractivity contribution in [3.05, 3.63) is 41.2 Å². The quantitative estimate of drug-likeness (QED) is 0.783. The van der Waals surface area contributed by atoms with E-state index < -0.39 is 26.8 Å². The molecule has 0 bridgehead atoms. The maximum absolute atomic E-state index is 12.5. The Bertz CT molecular complexity index is 670. The zero-order chi connectivity index (χ0) is 16.1. The molecule has 0 aliphatic carbocycles. The molecule has 0 saturated carbocycles. The molecule has 0 aromatic carbocycles. The molecule has 0 N–H and O–H groups in total. The van der Waals surface area contributed by atoms with Crippen molar-refractivity contribution < 1.29 is 17.4 Å². The first-order valence-electron chi connectivity index (χ1n) is 5.60. The normalized spacial score (nSPS) is 16.2. The van der Waals surface area contributed by atoms with E-state index in [0.29, 0.717) is 5.56 Å². The minimum absolute atomic E-state index is 0.164.